The van der Waals surface area contributed by atoms with Gasteiger partial charge in [0, 0.05) is 39.0 Å². The van der Waals surface area contributed by atoms with Crippen molar-refractivity contribution in [1.82, 2.24) is 4.31 Å². The maximum Gasteiger partial charge on any atom is 0.243 e. The van der Waals surface area contributed by atoms with Crippen molar-refractivity contribution in [1.29, 1.82) is 0 Å². The van der Waals surface area contributed by atoms with Gasteiger partial charge >= 0.3 is 0 Å². The monoisotopic (exact) mass is 449 g/mol. The molecule has 31 heavy (non-hydrogen) atoms. The molecule has 0 spiro atoms. The van der Waals surface area contributed by atoms with E-state index < -0.39 is 10.0 Å². The highest BCUT2D eigenvalue weighted by Gasteiger charge is 2.28. The number of benzene rings is 1. The van der Waals surface area contributed by atoms with Crippen LogP contribution in [-0.2, 0) is 30.7 Å². The van der Waals surface area contributed by atoms with Gasteiger partial charge in [-0.2, -0.15) is 4.31 Å². The van der Waals surface area contributed by atoms with Gasteiger partial charge in [0.05, 0.1) is 49.0 Å². The van der Waals surface area contributed by atoms with Crippen LogP contribution >= 0.6 is 0 Å². The number of nitrogens with one attached hydrogen (secondary N) is 1. The number of furan rings is 1. The zero-order chi connectivity index (χ0) is 21.7. The van der Waals surface area contributed by atoms with Gasteiger partial charge in [0.15, 0.2) is 0 Å². The fourth-order valence-corrected chi connectivity index (χ4v) is 5.13. The average Bonchev–Trinajstić information content (AvgIpc) is 3.33. The lowest BCUT2D eigenvalue weighted by molar-refractivity contribution is -0.116. The summed E-state index contributed by atoms with van der Waals surface area (Å²) in [7, 11) is -3.67. The molecule has 1 aromatic heterocycles. The molecule has 2 fully saturated rings. The van der Waals surface area contributed by atoms with E-state index in [-0.39, 0.29) is 17.2 Å². The molecule has 2 aliphatic heterocycles. The minimum absolute atomic E-state index is 0.160. The Balaban J connectivity index is 1.57. The van der Waals surface area contributed by atoms with Crippen LogP contribution in [0.3, 0.4) is 0 Å². The molecule has 4 rings (SSSR count). The number of morpholine rings is 2. The number of hydrogen-bond acceptors (Lipinski definition) is 7. The summed E-state index contributed by atoms with van der Waals surface area (Å²) in [6.07, 6.45) is 2.28. The lowest BCUT2D eigenvalue weighted by Gasteiger charge is -2.31. The molecule has 9 nitrogen and oxygen atoms in total. The van der Waals surface area contributed by atoms with Crippen LogP contribution in [0.2, 0.25) is 0 Å². The van der Waals surface area contributed by atoms with Gasteiger partial charge in [0.25, 0.3) is 0 Å². The molecule has 0 radical (unpaired) electrons. The quantitative estimate of drug-likeness (QED) is 0.687. The zero-order valence-electron chi connectivity index (χ0n) is 17.3. The Labute approximate surface area is 182 Å². The van der Waals surface area contributed by atoms with Gasteiger partial charge in [0.1, 0.15) is 5.76 Å². The number of hydrogen-bond donors (Lipinski definition) is 1. The summed E-state index contributed by atoms with van der Waals surface area (Å²) in [5.74, 6) is 0.527. The van der Waals surface area contributed by atoms with Crippen LogP contribution in [-0.4, -0.2) is 71.2 Å². The Morgan fingerprint density at radius 2 is 1.71 bits per heavy atom. The predicted octanol–water partition coefficient (Wildman–Crippen LogP) is 1.71. The van der Waals surface area contributed by atoms with Crippen LogP contribution in [0.5, 0.6) is 0 Å². The number of rotatable bonds is 7. The average molecular weight is 450 g/mol. The first-order valence-electron chi connectivity index (χ1n) is 10.4. The fraction of sp³-hybridized carbons (Fsp3) is 0.476. The van der Waals surface area contributed by atoms with Gasteiger partial charge in [-0.15, -0.1) is 0 Å². The van der Waals surface area contributed by atoms with Gasteiger partial charge in [-0.25, -0.2) is 8.42 Å². The Morgan fingerprint density at radius 1 is 1.00 bits per heavy atom. The van der Waals surface area contributed by atoms with Gasteiger partial charge in [-0.05, 0) is 30.3 Å². The molecule has 2 saturated heterocycles. The predicted molar refractivity (Wildman–Crippen MR) is 115 cm³/mol. The second-order valence-corrected chi connectivity index (χ2v) is 9.36. The highest BCUT2D eigenvalue weighted by atomic mass is 32.2. The number of nitrogens with zero attached hydrogens (tertiary/aromatic N) is 2. The van der Waals surface area contributed by atoms with E-state index in [0.29, 0.717) is 64.7 Å². The van der Waals surface area contributed by atoms with Crippen molar-refractivity contribution in [2.24, 2.45) is 0 Å². The van der Waals surface area contributed by atoms with Gasteiger partial charge in [-0.1, -0.05) is 0 Å². The third-order valence-electron chi connectivity index (χ3n) is 5.38. The molecule has 1 aromatic carbocycles. The molecule has 2 aliphatic rings. The maximum absolute atomic E-state index is 13.1. The molecule has 0 bridgehead atoms. The van der Waals surface area contributed by atoms with E-state index in [0.717, 1.165) is 11.4 Å². The highest BCUT2D eigenvalue weighted by molar-refractivity contribution is 7.89. The van der Waals surface area contributed by atoms with Crippen molar-refractivity contribution in [2.45, 2.75) is 17.7 Å². The van der Waals surface area contributed by atoms with E-state index in [1.54, 1.807) is 30.5 Å². The number of sulfonamides is 1. The lowest BCUT2D eigenvalue weighted by Crippen LogP contribution is -2.40. The molecule has 0 atom stereocenters. The molecule has 10 heteroatoms. The number of anilines is 2. The molecule has 3 heterocycles. The molecule has 0 aliphatic carbocycles. The van der Waals surface area contributed by atoms with Crippen molar-refractivity contribution >= 4 is 27.3 Å². The molecule has 0 saturated carbocycles. The Kier molecular flexibility index (Phi) is 6.91. The molecule has 1 N–H and O–H groups in total. The van der Waals surface area contributed by atoms with Gasteiger partial charge in [-0.3, -0.25) is 4.79 Å². The molecular formula is C21H27N3O6S. The maximum atomic E-state index is 13.1. The number of amides is 1. The van der Waals surface area contributed by atoms with E-state index in [4.69, 9.17) is 13.9 Å². The van der Waals surface area contributed by atoms with Crippen molar-refractivity contribution in [3.8, 4) is 0 Å². The molecule has 1 amide bonds. The third kappa shape index (κ3) is 5.27. The van der Waals surface area contributed by atoms with E-state index in [1.807, 2.05) is 6.07 Å². The van der Waals surface area contributed by atoms with Crippen LogP contribution in [0.15, 0.2) is 45.9 Å². The Bertz CT molecular complexity index is 981. The van der Waals surface area contributed by atoms with Crippen LogP contribution in [0.4, 0.5) is 11.4 Å². The van der Waals surface area contributed by atoms with Crippen molar-refractivity contribution < 1.29 is 27.1 Å². The van der Waals surface area contributed by atoms with Crippen LogP contribution < -0.4 is 10.2 Å². The lowest BCUT2D eigenvalue weighted by atomic mass is 10.2. The summed E-state index contributed by atoms with van der Waals surface area (Å²) >= 11 is 0. The summed E-state index contributed by atoms with van der Waals surface area (Å²) < 4.78 is 43.6. The van der Waals surface area contributed by atoms with E-state index in [2.05, 4.69) is 10.2 Å². The minimum Gasteiger partial charge on any atom is -0.469 e. The van der Waals surface area contributed by atoms with Crippen molar-refractivity contribution in [3.63, 3.8) is 0 Å². The smallest absolute Gasteiger partial charge is 0.243 e. The summed E-state index contributed by atoms with van der Waals surface area (Å²) in [6.45, 7) is 3.90. The number of carbonyl (C=O) groups is 1. The second kappa shape index (κ2) is 9.82. The van der Waals surface area contributed by atoms with Gasteiger partial charge in [0.2, 0.25) is 15.9 Å². The van der Waals surface area contributed by atoms with E-state index in [1.165, 1.54) is 4.31 Å². The number of carbonyl (C=O) groups excluding carboxylic acids is 1. The minimum atomic E-state index is -3.67. The Morgan fingerprint density at radius 3 is 2.39 bits per heavy atom. The van der Waals surface area contributed by atoms with Crippen molar-refractivity contribution in [2.75, 3.05) is 62.8 Å². The molecular weight excluding hydrogens is 422 g/mol. The fourth-order valence-electron chi connectivity index (χ4n) is 3.70. The van der Waals surface area contributed by atoms with Gasteiger partial charge < -0.3 is 24.1 Å². The number of ether oxygens (including phenoxy) is 2. The summed E-state index contributed by atoms with van der Waals surface area (Å²) in [5, 5.41) is 2.91. The first kappa shape index (κ1) is 21.8. The standard InChI is InChI=1S/C21H27N3O6S/c25-21(6-3-17-2-1-11-30-17)22-19-16-18(31(26,27)24-9-14-29-15-10-24)4-5-20(19)23-7-12-28-13-8-23/h1-2,4-5,11,16H,3,6-10,12-15H2,(H,22,25). The largest absolute Gasteiger partial charge is 0.469 e. The zero-order valence-corrected chi connectivity index (χ0v) is 18.1. The SMILES string of the molecule is O=C(CCc1ccco1)Nc1cc(S(=O)(=O)N2CCOCC2)ccc1N1CCOCC1. The normalized spacial score (nSPS) is 18.1. The third-order valence-corrected chi connectivity index (χ3v) is 7.27. The topological polar surface area (TPSA) is 101 Å². The summed E-state index contributed by atoms with van der Waals surface area (Å²) in [5.41, 5.74) is 1.27. The molecule has 168 valence electrons. The van der Waals surface area contributed by atoms with Crippen LogP contribution in [0.1, 0.15) is 12.2 Å². The van der Waals surface area contributed by atoms with Crippen LogP contribution in [0, 0.1) is 0 Å². The first-order chi connectivity index (χ1) is 15.0. The Hall–Kier alpha value is -2.40. The van der Waals surface area contributed by atoms with E-state index in [9.17, 15) is 13.2 Å². The summed E-state index contributed by atoms with van der Waals surface area (Å²) in [6, 6.07) is 8.53. The molecule has 0 unspecified atom stereocenters. The van der Waals surface area contributed by atoms with Crippen molar-refractivity contribution in [3.05, 3.63) is 42.4 Å². The van der Waals surface area contributed by atoms with E-state index >= 15 is 0 Å². The molecule has 2 aromatic rings. The first-order valence-corrected chi connectivity index (χ1v) is 11.8. The second-order valence-electron chi connectivity index (χ2n) is 7.42. The number of aryl methyl sites for hydroxylation is 1. The summed E-state index contributed by atoms with van der Waals surface area (Å²) in [4.78, 5) is 14.9. The highest BCUT2D eigenvalue weighted by Crippen LogP contribution is 2.31. The van der Waals surface area contributed by atoms with Crippen LogP contribution in [0.25, 0.3) is 0 Å².